The predicted octanol–water partition coefficient (Wildman–Crippen LogP) is 3.30. The zero-order valence-electron chi connectivity index (χ0n) is 18.5. The van der Waals surface area contributed by atoms with E-state index < -0.39 is 69.7 Å². The molecule has 7 nitrogen and oxygen atoms in total. The molecule has 35 heavy (non-hydrogen) atoms. The van der Waals surface area contributed by atoms with Crippen molar-refractivity contribution in [3.8, 4) is 5.69 Å². The molecule has 0 bridgehead atoms. The monoisotopic (exact) mass is 502 g/mol. The van der Waals surface area contributed by atoms with E-state index in [1.165, 1.54) is 11.9 Å². The van der Waals surface area contributed by atoms with E-state index >= 15 is 0 Å². The highest BCUT2D eigenvalue weighted by molar-refractivity contribution is 5.97. The third kappa shape index (κ3) is 5.09. The van der Waals surface area contributed by atoms with Crippen molar-refractivity contribution < 1.29 is 36.2 Å². The number of halogens is 6. The summed E-state index contributed by atoms with van der Waals surface area (Å²) in [6.07, 6.45) is -4.71. The average molecular weight is 502 g/mol. The van der Waals surface area contributed by atoms with E-state index in [0.29, 0.717) is 16.8 Å². The van der Waals surface area contributed by atoms with Crippen molar-refractivity contribution in [3.63, 3.8) is 0 Å². The first-order valence-corrected chi connectivity index (χ1v) is 10.3. The van der Waals surface area contributed by atoms with Crippen molar-refractivity contribution >= 4 is 22.8 Å². The van der Waals surface area contributed by atoms with Gasteiger partial charge in [0.15, 0.2) is 17.3 Å². The first-order valence-electron chi connectivity index (χ1n) is 10.3. The van der Waals surface area contributed by atoms with Crippen LogP contribution in [-0.4, -0.2) is 53.0 Å². The number of aromatic nitrogens is 2. The fourth-order valence-corrected chi connectivity index (χ4v) is 3.44. The largest absolute Gasteiger partial charge is 0.408 e. The number of aliphatic hydroxyl groups is 1. The number of rotatable bonds is 7. The van der Waals surface area contributed by atoms with E-state index in [1.807, 2.05) is 0 Å². The zero-order chi connectivity index (χ0) is 26.1. The molecule has 188 valence electrons. The number of aliphatic hydroxyl groups excluding tert-OH is 1. The van der Waals surface area contributed by atoms with Crippen molar-refractivity contribution in [2.24, 2.45) is 0 Å². The maximum Gasteiger partial charge on any atom is 0.408 e. The van der Waals surface area contributed by atoms with Gasteiger partial charge in [0.05, 0.1) is 12.0 Å². The summed E-state index contributed by atoms with van der Waals surface area (Å²) < 4.78 is 84.2. The number of benzene rings is 1. The second-order valence-electron chi connectivity index (χ2n) is 7.60. The predicted molar refractivity (Wildman–Crippen MR) is 115 cm³/mol. The normalized spacial score (nSPS) is 12.6. The molecule has 3 rings (SSSR count). The third-order valence-electron chi connectivity index (χ3n) is 5.24. The maximum atomic E-state index is 14.8. The molecular formula is C22H20F6N4O3. The van der Waals surface area contributed by atoms with Crippen molar-refractivity contribution in [2.75, 3.05) is 25.1 Å². The Morgan fingerprint density at radius 3 is 2.37 bits per heavy atom. The molecule has 0 aliphatic heterocycles. The van der Waals surface area contributed by atoms with Gasteiger partial charge in [-0.2, -0.15) is 13.2 Å². The minimum absolute atomic E-state index is 0.0793. The summed E-state index contributed by atoms with van der Waals surface area (Å²) in [5.41, 5.74) is -3.34. The number of para-hydroxylation sites is 1. The summed E-state index contributed by atoms with van der Waals surface area (Å²) in [6.45, 7) is 0.695. The average Bonchev–Trinajstić information content (AvgIpc) is 2.77. The van der Waals surface area contributed by atoms with Crippen LogP contribution in [0, 0.1) is 17.5 Å². The molecular weight excluding hydrogens is 482 g/mol. The minimum Gasteiger partial charge on any atom is -0.395 e. The van der Waals surface area contributed by atoms with Gasteiger partial charge in [0, 0.05) is 19.8 Å². The Balaban J connectivity index is 2.34. The van der Waals surface area contributed by atoms with E-state index in [2.05, 4.69) is 4.98 Å². The SMILES string of the molecule is CC[C@H](NC(=O)c1cn(-c2c(F)cccc2F)c2nc(N(C)CCO)c(F)cc2c1=O)C(F)(F)F. The van der Waals surface area contributed by atoms with Crippen LogP contribution in [0.4, 0.5) is 32.2 Å². The standard InChI is InChI=1S/C22H20F6N4O3/c1-3-16(22(26,27)28)29-21(35)12-10-32(17-13(23)5-4-6-14(17)24)19-11(18(12)34)9-15(25)20(30-19)31(2)7-8-33/h4-6,9-10,16,33H,3,7-8H2,1-2H3,(H,29,35)/t16-/m0/s1. The summed E-state index contributed by atoms with van der Waals surface area (Å²) in [5, 5.41) is 10.2. The molecule has 2 heterocycles. The third-order valence-corrected chi connectivity index (χ3v) is 5.24. The van der Waals surface area contributed by atoms with Gasteiger partial charge >= 0.3 is 6.18 Å². The summed E-state index contributed by atoms with van der Waals surface area (Å²) in [7, 11) is 1.36. The van der Waals surface area contributed by atoms with Crippen LogP contribution in [0.3, 0.4) is 0 Å². The molecule has 0 aliphatic carbocycles. The Morgan fingerprint density at radius 2 is 1.83 bits per heavy atom. The molecule has 0 radical (unpaired) electrons. The van der Waals surface area contributed by atoms with Crippen LogP contribution in [-0.2, 0) is 0 Å². The number of fused-ring (bicyclic) bond motifs is 1. The molecule has 2 N–H and O–H groups in total. The van der Waals surface area contributed by atoms with Gasteiger partial charge in [0.2, 0.25) is 5.43 Å². The topological polar surface area (TPSA) is 87.5 Å². The number of nitrogens with zero attached hydrogens (tertiary/aromatic N) is 3. The molecule has 2 aromatic heterocycles. The van der Waals surface area contributed by atoms with Gasteiger partial charge in [-0.15, -0.1) is 0 Å². The Morgan fingerprint density at radius 1 is 1.20 bits per heavy atom. The highest BCUT2D eigenvalue weighted by Gasteiger charge is 2.39. The highest BCUT2D eigenvalue weighted by Crippen LogP contribution is 2.26. The molecule has 0 aliphatic rings. The van der Waals surface area contributed by atoms with E-state index in [1.54, 1.807) is 5.32 Å². The molecule has 0 unspecified atom stereocenters. The number of carbonyl (C=O) groups is 1. The van der Waals surface area contributed by atoms with Gasteiger partial charge in [0.1, 0.15) is 28.9 Å². The van der Waals surface area contributed by atoms with E-state index in [-0.39, 0.29) is 19.0 Å². The van der Waals surface area contributed by atoms with Crippen LogP contribution < -0.4 is 15.6 Å². The molecule has 0 saturated carbocycles. The van der Waals surface area contributed by atoms with E-state index in [9.17, 15) is 35.9 Å². The van der Waals surface area contributed by atoms with E-state index in [4.69, 9.17) is 5.11 Å². The Labute approximate surface area is 194 Å². The molecule has 1 atom stereocenters. The Bertz CT molecular complexity index is 1310. The van der Waals surface area contributed by atoms with Crippen LogP contribution in [0.25, 0.3) is 16.7 Å². The summed E-state index contributed by atoms with van der Waals surface area (Å²) in [5.74, 6) is -5.19. The Kier molecular flexibility index (Phi) is 7.38. The molecule has 3 aromatic rings. The van der Waals surface area contributed by atoms with Crippen molar-refractivity contribution in [3.05, 3.63) is 63.7 Å². The van der Waals surface area contributed by atoms with Crippen LogP contribution in [0.1, 0.15) is 23.7 Å². The number of carbonyl (C=O) groups excluding carboxylic acids is 1. The molecule has 1 aromatic carbocycles. The number of alkyl halides is 3. The van der Waals surface area contributed by atoms with Crippen LogP contribution in [0.15, 0.2) is 35.3 Å². The zero-order valence-corrected chi connectivity index (χ0v) is 18.5. The summed E-state index contributed by atoms with van der Waals surface area (Å²) >= 11 is 0. The number of hydrogen-bond donors (Lipinski definition) is 2. The lowest BCUT2D eigenvalue weighted by molar-refractivity contribution is -0.153. The fourth-order valence-electron chi connectivity index (χ4n) is 3.44. The first-order chi connectivity index (χ1) is 16.4. The number of anilines is 1. The van der Waals surface area contributed by atoms with E-state index in [0.717, 1.165) is 25.1 Å². The van der Waals surface area contributed by atoms with Crippen LogP contribution in [0.5, 0.6) is 0 Å². The van der Waals surface area contributed by atoms with Gasteiger partial charge in [-0.25, -0.2) is 18.2 Å². The number of pyridine rings is 2. The fraction of sp³-hybridized carbons (Fsp3) is 0.318. The van der Waals surface area contributed by atoms with Crippen molar-refractivity contribution in [2.45, 2.75) is 25.6 Å². The van der Waals surface area contributed by atoms with Crippen LogP contribution >= 0.6 is 0 Å². The molecule has 0 saturated heterocycles. The number of hydrogen-bond acceptors (Lipinski definition) is 5. The minimum atomic E-state index is -4.82. The summed E-state index contributed by atoms with van der Waals surface area (Å²) in [4.78, 5) is 30.8. The number of likely N-dealkylation sites (N-methyl/N-ethyl adjacent to an activating group) is 1. The number of nitrogens with one attached hydrogen (secondary N) is 1. The highest BCUT2D eigenvalue weighted by atomic mass is 19.4. The van der Waals surface area contributed by atoms with Gasteiger partial charge in [-0.05, 0) is 24.6 Å². The quantitative estimate of drug-likeness (QED) is 0.485. The van der Waals surface area contributed by atoms with Crippen molar-refractivity contribution in [1.82, 2.24) is 14.9 Å². The van der Waals surface area contributed by atoms with Crippen LogP contribution in [0.2, 0.25) is 0 Å². The molecule has 0 spiro atoms. The lowest BCUT2D eigenvalue weighted by Crippen LogP contribution is -2.46. The molecule has 13 heteroatoms. The van der Waals surface area contributed by atoms with Gasteiger partial charge < -0.3 is 15.3 Å². The second kappa shape index (κ2) is 9.94. The Hall–Kier alpha value is -3.61. The lowest BCUT2D eigenvalue weighted by atomic mass is 10.1. The van der Waals surface area contributed by atoms with Crippen molar-refractivity contribution in [1.29, 1.82) is 0 Å². The first kappa shape index (κ1) is 26.0. The van der Waals surface area contributed by atoms with Gasteiger partial charge in [-0.3, -0.25) is 14.2 Å². The lowest BCUT2D eigenvalue weighted by Gasteiger charge is -2.21. The molecule has 0 fully saturated rings. The summed E-state index contributed by atoms with van der Waals surface area (Å²) in [6, 6.07) is 1.17. The molecule has 1 amide bonds. The number of amides is 1. The van der Waals surface area contributed by atoms with Gasteiger partial charge in [0.25, 0.3) is 5.91 Å². The maximum absolute atomic E-state index is 14.8. The second-order valence-corrected chi connectivity index (χ2v) is 7.60. The van der Waals surface area contributed by atoms with Gasteiger partial charge in [-0.1, -0.05) is 13.0 Å². The smallest absolute Gasteiger partial charge is 0.395 e.